The predicted molar refractivity (Wildman–Crippen MR) is 68.6 cm³/mol. The number of carbonyl (C=O) groups is 1. The van der Waals surface area contributed by atoms with Gasteiger partial charge in [0.2, 0.25) is 0 Å². The first-order chi connectivity index (χ1) is 8.72. The number of hydrogen-bond donors (Lipinski definition) is 1. The Morgan fingerprint density at radius 1 is 1.33 bits per heavy atom. The smallest absolute Gasteiger partial charge is 0.314 e. The maximum absolute atomic E-state index is 11.6. The van der Waals surface area contributed by atoms with Crippen LogP contribution in [-0.2, 0) is 16.8 Å². The van der Waals surface area contributed by atoms with E-state index in [1.807, 2.05) is 18.2 Å². The van der Waals surface area contributed by atoms with E-state index in [9.17, 15) is 9.90 Å². The first-order valence-corrected chi connectivity index (χ1v) is 6.90. The molecule has 3 rings (SSSR count). The fraction of sp³-hybridized carbons (Fsp3) is 0.462. The molecule has 5 heteroatoms. The third-order valence-corrected chi connectivity index (χ3v) is 4.70. The second-order valence-corrected chi connectivity index (χ2v) is 5.68. The van der Waals surface area contributed by atoms with E-state index in [0.717, 1.165) is 41.7 Å². The van der Waals surface area contributed by atoms with E-state index in [2.05, 4.69) is 9.63 Å². The molecular weight excluding hydrogens is 248 g/mol. The average molecular weight is 262 g/mol. The Bertz CT molecular complexity index is 522. The molecule has 1 aliphatic heterocycles. The van der Waals surface area contributed by atoms with E-state index in [0.29, 0.717) is 6.54 Å². The Morgan fingerprint density at radius 3 is 2.83 bits per heavy atom. The molecule has 0 radical (unpaired) electrons. The molecule has 1 aliphatic carbocycles. The molecular formula is C13H14N2O2S. The molecule has 0 bridgehead atoms. The van der Waals surface area contributed by atoms with Crippen molar-refractivity contribution in [2.75, 3.05) is 0 Å². The molecule has 2 aliphatic rings. The Labute approximate surface area is 110 Å². The Morgan fingerprint density at radius 2 is 2.11 bits per heavy atom. The van der Waals surface area contributed by atoms with Gasteiger partial charge in [0.1, 0.15) is 0 Å². The summed E-state index contributed by atoms with van der Waals surface area (Å²) in [6, 6.07) is 5.95. The summed E-state index contributed by atoms with van der Waals surface area (Å²) in [7, 11) is 0. The van der Waals surface area contributed by atoms with Gasteiger partial charge in [-0.2, -0.15) is 5.11 Å². The summed E-state index contributed by atoms with van der Waals surface area (Å²) in [5, 5.41) is 13.5. The predicted octanol–water partition coefficient (Wildman–Crippen LogP) is 3.56. The highest BCUT2D eigenvalue weighted by Crippen LogP contribution is 2.43. The van der Waals surface area contributed by atoms with Gasteiger partial charge < -0.3 is 5.11 Å². The van der Waals surface area contributed by atoms with E-state index < -0.39 is 11.4 Å². The molecule has 18 heavy (non-hydrogen) atoms. The van der Waals surface area contributed by atoms with Crippen molar-refractivity contribution in [3.63, 3.8) is 0 Å². The normalized spacial score (nSPS) is 20.7. The lowest BCUT2D eigenvalue weighted by Crippen LogP contribution is -2.32. The van der Waals surface area contributed by atoms with Gasteiger partial charge in [0.15, 0.2) is 0 Å². The largest absolute Gasteiger partial charge is 0.481 e. The zero-order valence-electron chi connectivity index (χ0n) is 9.93. The lowest BCUT2D eigenvalue weighted by molar-refractivity contribution is -0.143. The first kappa shape index (κ1) is 11.7. The fourth-order valence-electron chi connectivity index (χ4n) is 2.85. The minimum absolute atomic E-state index is 0.600. The molecule has 1 heterocycles. The van der Waals surface area contributed by atoms with E-state index in [-0.39, 0.29) is 0 Å². The molecule has 0 atom stereocenters. The summed E-state index contributed by atoms with van der Waals surface area (Å²) in [6.45, 7) is 0.600. The van der Waals surface area contributed by atoms with Crippen molar-refractivity contribution >= 4 is 17.9 Å². The molecule has 1 aromatic rings. The average Bonchev–Trinajstić information content (AvgIpc) is 2.89. The number of carboxylic acids is 1. The van der Waals surface area contributed by atoms with Gasteiger partial charge in [0.05, 0.1) is 12.0 Å². The van der Waals surface area contributed by atoms with Crippen molar-refractivity contribution in [1.29, 1.82) is 0 Å². The lowest BCUT2D eigenvalue weighted by Gasteiger charge is -2.25. The highest BCUT2D eigenvalue weighted by atomic mass is 32.2. The number of fused-ring (bicyclic) bond motifs is 1. The third kappa shape index (κ3) is 1.73. The molecule has 0 saturated heterocycles. The summed E-state index contributed by atoms with van der Waals surface area (Å²) >= 11 is 1.34. The molecule has 94 valence electrons. The standard InChI is InChI=1S/C13H14N2O2S/c16-12(17)13(5-1-2-6-13)10-4-3-9-8-14-15-18-11(9)7-10/h3-4,7H,1-2,5-6,8H2,(H,16,17). The van der Waals surface area contributed by atoms with Crippen molar-refractivity contribution in [3.8, 4) is 0 Å². The SMILES string of the molecule is O=C(O)C1(c2ccc3c(c2)SN=NC3)CCCC1. The van der Waals surface area contributed by atoms with Gasteiger partial charge in [0.25, 0.3) is 0 Å². The Hall–Kier alpha value is -1.36. The summed E-state index contributed by atoms with van der Waals surface area (Å²) in [4.78, 5) is 12.7. The van der Waals surface area contributed by atoms with Gasteiger partial charge in [-0.25, -0.2) is 0 Å². The van der Waals surface area contributed by atoms with Crippen LogP contribution in [0.15, 0.2) is 32.7 Å². The number of nitrogens with zero attached hydrogens (tertiary/aromatic N) is 2. The van der Waals surface area contributed by atoms with Crippen LogP contribution in [0.2, 0.25) is 0 Å². The van der Waals surface area contributed by atoms with Gasteiger partial charge in [-0.05, 0) is 30.0 Å². The van der Waals surface area contributed by atoms with Gasteiger partial charge in [-0.1, -0.05) is 25.0 Å². The number of rotatable bonds is 2. The third-order valence-electron chi connectivity index (χ3n) is 3.92. The number of carboxylic acid groups (broad SMARTS) is 1. The molecule has 1 fully saturated rings. The minimum atomic E-state index is -0.692. The van der Waals surface area contributed by atoms with Gasteiger partial charge in [-0.3, -0.25) is 4.79 Å². The maximum Gasteiger partial charge on any atom is 0.314 e. The van der Waals surface area contributed by atoms with Crippen LogP contribution < -0.4 is 0 Å². The molecule has 0 spiro atoms. The second-order valence-electron chi connectivity index (χ2n) is 4.89. The van der Waals surface area contributed by atoms with Crippen LogP contribution in [0.1, 0.15) is 36.8 Å². The van der Waals surface area contributed by atoms with Crippen molar-refractivity contribution in [1.82, 2.24) is 0 Å². The fourth-order valence-corrected chi connectivity index (χ4v) is 3.48. The van der Waals surface area contributed by atoms with Crippen LogP contribution in [-0.4, -0.2) is 11.1 Å². The molecule has 1 saturated carbocycles. The van der Waals surface area contributed by atoms with Crippen molar-refractivity contribution in [2.45, 2.75) is 42.5 Å². The number of hydrogen-bond acceptors (Lipinski definition) is 4. The Kier molecular flexibility index (Phi) is 2.86. The van der Waals surface area contributed by atoms with Gasteiger partial charge >= 0.3 is 5.97 Å². The topological polar surface area (TPSA) is 62.0 Å². The van der Waals surface area contributed by atoms with Crippen LogP contribution in [0.5, 0.6) is 0 Å². The zero-order chi connectivity index (χ0) is 12.6. The van der Waals surface area contributed by atoms with Crippen LogP contribution in [0, 0.1) is 0 Å². The van der Waals surface area contributed by atoms with Crippen LogP contribution in [0.3, 0.4) is 0 Å². The molecule has 1 N–H and O–H groups in total. The Balaban J connectivity index is 2.04. The summed E-state index contributed by atoms with van der Waals surface area (Å²) < 4.78 is 3.95. The molecule has 0 unspecified atom stereocenters. The highest BCUT2D eigenvalue weighted by molar-refractivity contribution is 7.98. The monoisotopic (exact) mass is 262 g/mol. The van der Waals surface area contributed by atoms with Crippen molar-refractivity contribution in [2.24, 2.45) is 9.63 Å². The van der Waals surface area contributed by atoms with Crippen molar-refractivity contribution in [3.05, 3.63) is 29.3 Å². The molecule has 1 aromatic carbocycles. The minimum Gasteiger partial charge on any atom is -0.481 e. The van der Waals surface area contributed by atoms with Crippen LogP contribution in [0.25, 0.3) is 0 Å². The maximum atomic E-state index is 11.6. The number of benzene rings is 1. The summed E-state index contributed by atoms with van der Waals surface area (Å²) in [5.74, 6) is -0.692. The second kappa shape index (κ2) is 4.39. The van der Waals surface area contributed by atoms with E-state index in [1.54, 1.807) is 0 Å². The van der Waals surface area contributed by atoms with Gasteiger partial charge in [0, 0.05) is 16.8 Å². The van der Waals surface area contributed by atoms with E-state index in [1.165, 1.54) is 11.9 Å². The summed E-state index contributed by atoms with van der Waals surface area (Å²) in [6.07, 6.45) is 3.48. The lowest BCUT2D eigenvalue weighted by atomic mass is 9.79. The summed E-state index contributed by atoms with van der Waals surface area (Å²) in [5.41, 5.74) is 1.39. The quantitative estimate of drug-likeness (QED) is 0.829. The highest BCUT2D eigenvalue weighted by Gasteiger charge is 2.43. The molecule has 0 aromatic heterocycles. The molecule has 0 amide bonds. The van der Waals surface area contributed by atoms with Gasteiger partial charge in [-0.15, -0.1) is 4.52 Å². The van der Waals surface area contributed by atoms with Crippen molar-refractivity contribution < 1.29 is 9.90 Å². The van der Waals surface area contributed by atoms with Crippen LogP contribution in [0.4, 0.5) is 0 Å². The number of aliphatic carboxylic acids is 1. The molecule has 4 nitrogen and oxygen atoms in total. The first-order valence-electron chi connectivity index (χ1n) is 6.13. The van der Waals surface area contributed by atoms with E-state index in [4.69, 9.17) is 0 Å². The zero-order valence-corrected chi connectivity index (χ0v) is 10.7. The van der Waals surface area contributed by atoms with Crippen LogP contribution >= 0.6 is 11.9 Å². The van der Waals surface area contributed by atoms with E-state index >= 15 is 0 Å².